The number of amides is 1. The van der Waals surface area contributed by atoms with Crippen molar-refractivity contribution < 1.29 is 9.90 Å². The van der Waals surface area contributed by atoms with Crippen LogP contribution in [0.25, 0.3) is 0 Å². The highest BCUT2D eigenvalue weighted by molar-refractivity contribution is 7.12. The number of aliphatic hydroxyl groups is 1. The Balaban J connectivity index is 2.07. The maximum absolute atomic E-state index is 12.6. The maximum Gasteiger partial charge on any atom is 0.265 e. The van der Waals surface area contributed by atoms with E-state index in [1.54, 1.807) is 0 Å². The van der Waals surface area contributed by atoms with Gasteiger partial charge >= 0.3 is 0 Å². The highest BCUT2D eigenvalue weighted by Crippen LogP contribution is 2.22. The molecule has 0 radical (unpaired) electrons. The zero-order valence-corrected chi connectivity index (χ0v) is 13.4. The molecule has 0 saturated carbocycles. The van der Waals surface area contributed by atoms with Gasteiger partial charge in [-0.05, 0) is 31.0 Å². The first-order valence-electron chi connectivity index (χ1n) is 7.41. The van der Waals surface area contributed by atoms with E-state index < -0.39 is 0 Å². The molecular formula is C16H22N2O2S. The summed E-state index contributed by atoms with van der Waals surface area (Å²) in [4.78, 5) is 17.7. The second kappa shape index (κ2) is 7.60. The van der Waals surface area contributed by atoms with Crippen LogP contribution in [0.3, 0.4) is 0 Å². The zero-order chi connectivity index (χ0) is 15.2. The summed E-state index contributed by atoms with van der Waals surface area (Å²) < 4.78 is 0. The first-order valence-corrected chi connectivity index (χ1v) is 8.29. The molecule has 1 N–H and O–H groups in total. The quantitative estimate of drug-likeness (QED) is 0.860. The van der Waals surface area contributed by atoms with Crippen molar-refractivity contribution in [3.8, 4) is 11.8 Å². The van der Waals surface area contributed by atoms with Crippen LogP contribution in [-0.2, 0) is 0 Å². The van der Waals surface area contributed by atoms with Crippen LogP contribution >= 0.6 is 11.3 Å². The topological polar surface area (TPSA) is 43.8 Å². The number of rotatable bonds is 4. The van der Waals surface area contributed by atoms with Gasteiger partial charge in [0.1, 0.15) is 11.5 Å². The highest BCUT2D eigenvalue weighted by atomic mass is 32.1. The van der Waals surface area contributed by atoms with Crippen LogP contribution in [0.5, 0.6) is 0 Å². The summed E-state index contributed by atoms with van der Waals surface area (Å²) in [6.45, 7) is 7.80. The molecule has 1 fully saturated rings. The number of nitrogens with zero attached hydrogens (tertiary/aromatic N) is 2. The molecule has 1 amide bonds. The molecule has 0 bridgehead atoms. The first kappa shape index (κ1) is 16.0. The summed E-state index contributed by atoms with van der Waals surface area (Å²) in [7, 11) is 0. The van der Waals surface area contributed by atoms with E-state index in [1.807, 2.05) is 16.3 Å². The molecule has 0 aromatic carbocycles. The van der Waals surface area contributed by atoms with Crippen LogP contribution in [0, 0.1) is 11.8 Å². The number of thiophene rings is 1. The van der Waals surface area contributed by atoms with Crippen LogP contribution in [0.2, 0.25) is 0 Å². The SMILES string of the molecule is CCN(CC)C1CCN(C(=O)c2sccc2C#CCO)C1. The second-order valence-electron chi connectivity index (χ2n) is 5.04. The number of hydrogen-bond donors (Lipinski definition) is 1. The number of likely N-dealkylation sites (N-methyl/N-ethyl adjacent to an activating group) is 1. The molecule has 1 aromatic rings. The standard InChI is InChI=1S/C16H22N2O2S/c1-3-17(4-2)14-7-9-18(12-14)16(20)15-13(6-5-10-19)8-11-21-15/h8,11,14,19H,3-4,7,9-10,12H2,1-2H3. The van der Waals surface area contributed by atoms with Gasteiger partial charge in [0.15, 0.2) is 0 Å². The molecule has 114 valence electrons. The predicted molar refractivity (Wildman–Crippen MR) is 85.5 cm³/mol. The molecular weight excluding hydrogens is 284 g/mol. The maximum atomic E-state index is 12.6. The Morgan fingerprint density at radius 3 is 2.95 bits per heavy atom. The largest absolute Gasteiger partial charge is 0.384 e. The normalized spacial score (nSPS) is 17.9. The van der Waals surface area contributed by atoms with Gasteiger partial charge in [0, 0.05) is 24.7 Å². The van der Waals surface area contributed by atoms with Gasteiger partial charge in [-0.25, -0.2) is 0 Å². The van der Waals surface area contributed by atoms with E-state index in [0.717, 1.165) is 38.2 Å². The molecule has 1 unspecified atom stereocenters. The summed E-state index contributed by atoms with van der Waals surface area (Å²) in [5, 5.41) is 10.7. The van der Waals surface area contributed by atoms with Crippen LogP contribution in [-0.4, -0.2) is 59.6 Å². The summed E-state index contributed by atoms with van der Waals surface area (Å²) in [6.07, 6.45) is 1.04. The number of carbonyl (C=O) groups is 1. The lowest BCUT2D eigenvalue weighted by Gasteiger charge is -2.26. The fraction of sp³-hybridized carbons (Fsp3) is 0.562. The Bertz CT molecular complexity index is 540. The van der Waals surface area contributed by atoms with Crippen LogP contribution in [0.4, 0.5) is 0 Å². The molecule has 2 rings (SSSR count). The van der Waals surface area contributed by atoms with E-state index >= 15 is 0 Å². The monoisotopic (exact) mass is 306 g/mol. The first-order chi connectivity index (χ1) is 10.2. The lowest BCUT2D eigenvalue weighted by molar-refractivity contribution is 0.0782. The van der Waals surface area contributed by atoms with Gasteiger partial charge in [-0.3, -0.25) is 9.69 Å². The molecule has 1 aliphatic heterocycles. The van der Waals surface area contributed by atoms with Crippen molar-refractivity contribution >= 4 is 17.2 Å². The van der Waals surface area contributed by atoms with Gasteiger partial charge in [0.2, 0.25) is 0 Å². The van der Waals surface area contributed by atoms with Gasteiger partial charge < -0.3 is 10.0 Å². The molecule has 1 atom stereocenters. The smallest absolute Gasteiger partial charge is 0.265 e. The Labute approximate surface area is 130 Å². The van der Waals surface area contributed by atoms with Crippen molar-refractivity contribution in [1.82, 2.24) is 9.80 Å². The van der Waals surface area contributed by atoms with Gasteiger partial charge in [-0.15, -0.1) is 11.3 Å². The van der Waals surface area contributed by atoms with Crippen molar-refractivity contribution in [2.24, 2.45) is 0 Å². The van der Waals surface area contributed by atoms with Crippen LogP contribution in [0.15, 0.2) is 11.4 Å². The Hall–Kier alpha value is -1.35. The Morgan fingerprint density at radius 2 is 2.29 bits per heavy atom. The van der Waals surface area contributed by atoms with Gasteiger partial charge in [-0.2, -0.15) is 0 Å². The highest BCUT2D eigenvalue weighted by Gasteiger charge is 2.30. The summed E-state index contributed by atoms with van der Waals surface area (Å²) in [6, 6.07) is 2.31. The van der Waals surface area contributed by atoms with E-state index in [0.29, 0.717) is 10.9 Å². The molecule has 1 aromatic heterocycles. The average molecular weight is 306 g/mol. The average Bonchev–Trinajstić information content (AvgIpc) is 3.15. The number of carbonyl (C=O) groups excluding carboxylic acids is 1. The van der Waals surface area contributed by atoms with E-state index in [9.17, 15) is 4.79 Å². The molecule has 5 heteroatoms. The van der Waals surface area contributed by atoms with E-state index in [2.05, 4.69) is 30.6 Å². The lowest BCUT2D eigenvalue weighted by atomic mass is 10.2. The molecule has 0 aliphatic carbocycles. The van der Waals surface area contributed by atoms with E-state index in [4.69, 9.17) is 5.11 Å². The third kappa shape index (κ3) is 3.65. The molecule has 2 heterocycles. The second-order valence-corrected chi connectivity index (χ2v) is 5.95. The van der Waals surface area contributed by atoms with Crippen molar-refractivity contribution in [2.75, 3.05) is 32.8 Å². The predicted octanol–water partition coefficient (Wildman–Crippen LogP) is 1.65. The zero-order valence-electron chi connectivity index (χ0n) is 12.6. The number of likely N-dealkylation sites (tertiary alicyclic amines) is 1. The van der Waals surface area contributed by atoms with Gasteiger partial charge in [0.05, 0.1) is 0 Å². The van der Waals surface area contributed by atoms with Gasteiger partial charge in [0.25, 0.3) is 5.91 Å². The molecule has 21 heavy (non-hydrogen) atoms. The van der Waals surface area contributed by atoms with Crippen LogP contribution < -0.4 is 0 Å². The molecule has 4 nitrogen and oxygen atoms in total. The fourth-order valence-electron chi connectivity index (χ4n) is 2.82. The van der Waals surface area contributed by atoms with E-state index in [1.165, 1.54) is 11.3 Å². The third-order valence-corrected chi connectivity index (χ3v) is 4.84. The Kier molecular flexibility index (Phi) is 5.80. The summed E-state index contributed by atoms with van der Waals surface area (Å²) >= 11 is 1.43. The minimum absolute atomic E-state index is 0.0712. The van der Waals surface area contributed by atoms with Crippen molar-refractivity contribution in [3.05, 3.63) is 21.9 Å². The molecule has 0 spiro atoms. The van der Waals surface area contributed by atoms with Gasteiger partial charge in [-0.1, -0.05) is 25.7 Å². The van der Waals surface area contributed by atoms with Crippen molar-refractivity contribution in [1.29, 1.82) is 0 Å². The van der Waals surface area contributed by atoms with Crippen molar-refractivity contribution in [2.45, 2.75) is 26.3 Å². The minimum atomic E-state index is -0.183. The molecule has 1 aliphatic rings. The van der Waals surface area contributed by atoms with Crippen LogP contribution in [0.1, 0.15) is 35.5 Å². The number of aliphatic hydroxyl groups excluding tert-OH is 1. The lowest BCUT2D eigenvalue weighted by Crippen LogP contribution is -2.38. The summed E-state index contributed by atoms with van der Waals surface area (Å²) in [5.74, 6) is 5.54. The Morgan fingerprint density at radius 1 is 1.52 bits per heavy atom. The fourth-order valence-corrected chi connectivity index (χ4v) is 3.63. The third-order valence-electron chi connectivity index (χ3n) is 3.94. The van der Waals surface area contributed by atoms with E-state index in [-0.39, 0.29) is 12.5 Å². The van der Waals surface area contributed by atoms with Crippen molar-refractivity contribution in [3.63, 3.8) is 0 Å². The minimum Gasteiger partial charge on any atom is -0.384 e. The number of hydrogen-bond acceptors (Lipinski definition) is 4. The molecule has 1 saturated heterocycles. The summed E-state index contributed by atoms with van der Waals surface area (Å²) in [5.41, 5.74) is 0.727.